The van der Waals surface area contributed by atoms with Gasteiger partial charge in [-0.15, -0.1) is 0 Å². The molecule has 1 saturated carbocycles. The van der Waals surface area contributed by atoms with Crippen molar-refractivity contribution in [1.29, 1.82) is 0 Å². The fraction of sp³-hybridized carbons (Fsp3) is 0.538. The van der Waals surface area contributed by atoms with Crippen molar-refractivity contribution in [2.24, 2.45) is 0 Å². The zero-order valence-electron chi connectivity index (χ0n) is 9.05. The highest BCUT2D eigenvalue weighted by atomic mass is 14.9. The maximum atomic E-state index is 3.60. The van der Waals surface area contributed by atoms with Gasteiger partial charge in [0.2, 0.25) is 0 Å². The fourth-order valence-corrected chi connectivity index (χ4v) is 2.32. The number of nitrogens with one attached hydrogen (secondary N) is 2. The second-order valence-electron chi connectivity index (χ2n) is 4.68. The summed E-state index contributed by atoms with van der Waals surface area (Å²) in [4.78, 5) is 0. The zero-order chi connectivity index (χ0) is 10.1. The lowest BCUT2D eigenvalue weighted by Crippen LogP contribution is -2.34. The molecule has 2 aliphatic rings. The van der Waals surface area contributed by atoms with E-state index in [2.05, 4.69) is 28.8 Å². The Balaban J connectivity index is 1.64. The molecular weight excluding hydrogens is 184 g/mol. The summed E-state index contributed by atoms with van der Waals surface area (Å²) in [6.45, 7) is 2.13. The largest absolute Gasteiger partial charge is 0.384 e. The maximum Gasteiger partial charge on any atom is 0.0376 e. The summed E-state index contributed by atoms with van der Waals surface area (Å²) in [6.07, 6.45) is 5.32. The van der Waals surface area contributed by atoms with Crippen LogP contribution >= 0.6 is 0 Å². The van der Waals surface area contributed by atoms with E-state index in [0.29, 0.717) is 0 Å². The number of hydrogen-bond acceptors (Lipinski definition) is 2. The normalized spacial score (nSPS) is 19.5. The van der Waals surface area contributed by atoms with Crippen LogP contribution in [0.3, 0.4) is 0 Å². The van der Waals surface area contributed by atoms with Crippen LogP contribution in [-0.2, 0) is 13.0 Å². The molecule has 0 saturated heterocycles. The molecule has 0 radical (unpaired) electrons. The average Bonchev–Trinajstić information content (AvgIpc) is 2.62. The Morgan fingerprint density at radius 1 is 1.33 bits per heavy atom. The van der Waals surface area contributed by atoms with Gasteiger partial charge in [0.05, 0.1) is 0 Å². The molecule has 2 nitrogen and oxygen atoms in total. The molecule has 0 atom stereocenters. The van der Waals surface area contributed by atoms with Crippen molar-refractivity contribution in [3.63, 3.8) is 0 Å². The van der Waals surface area contributed by atoms with Crippen LogP contribution in [0.15, 0.2) is 18.2 Å². The van der Waals surface area contributed by atoms with E-state index in [0.717, 1.165) is 19.1 Å². The maximum absolute atomic E-state index is 3.60. The van der Waals surface area contributed by atoms with Crippen LogP contribution in [0.25, 0.3) is 0 Å². The van der Waals surface area contributed by atoms with Gasteiger partial charge < -0.3 is 10.6 Å². The Hall–Kier alpha value is -1.02. The van der Waals surface area contributed by atoms with Crippen molar-refractivity contribution in [2.75, 3.05) is 11.9 Å². The lowest BCUT2D eigenvalue weighted by atomic mass is 9.93. The minimum absolute atomic E-state index is 0.784. The van der Waals surface area contributed by atoms with Crippen LogP contribution in [0, 0.1) is 0 Å². The van der Waals surface area contributed by atoms with E-state index in [1.165, 1.54) is 42.5 Å². The fourth-order valence-electron chi connectivity index (χ4n) is 2.32. The first-order valence-electron chi connectivity index (χ1n) is 6.01. The van der Waals surface area contributed by atoms with Gasteiger partial charge >= 0.3 is 0 Å². The minimum atomic E-state index is 0.784. The average molecular weight is 202 g/mol. The molecule has 2 N–H and O–H groups in total. The molecule has 0 unspecified atom stereocenters. The van der Waals surface area contributed by atoms with Crippen LogP contribution in [0.2, 0.25) is 0 Å². The van der Waals surface area contributed by atoms with Crippen molar-refractivity contribution in [1.82, 2.24) is 5.32 Å². The molecule has 3 rings (SSSR count). The van der Waals surface area contributed by atoms with Crippen molar-refractivity contribution in [3.05, 3.63) is 29.3 Å². The van der Waals surface area contributed by atoms with E-state index >= 15 is 0 Å². The lowest BCUT2D eigenvalue weighted by molar-refractivity contribution is 0.338. The summed E-state index contributed by atoms with van der Waals surface area (Å²) in [5.41, 5.74) is 4.24. The van der Waals surface area contributed by atoms with Crippen molar-refractivity contribution in [2.45, 2.75) is 38.3 Å². The summed E-state index contributed by atoms with van der Waals surface area (Å²) in [7, 11) is 0. The summed E-state index contributed by atoms with van der Waals surface area (Å²) in [5, 5.41) is 7.03. The lowest BCUT2D eigenvalue weighted by Gasteiger charge is -2.26. The Bertz CT molecular complexity index is 356. The number of benzene rings is 1. The Labute approximate surface area is 91.1 Å². The summed E-state index contributed by atoms with van der Waals surface area (Å²) in [6, 6.07) is 7.62. The van der Waals surface area contributed by atoms with Gasteiger partial charge in [-0.05, 0) is 36.5 Å². The first kappa shape index (κ1) is 9.22. The molecule has 80 valence electrons. The monoisotopic (exact) mass is 202 g/mol. The summed E-state index contributed by atoms with van der Waals surface area (Å²) in [5.74, 6) is 0. The van der Waals surface area contributed by atoms with Gasteiger partial charge in [-0.2, -0.15) is 0 Å². The van der Waals surface area contributed by atoms with Crippen LogP contribution in [0.4, 0.5) is 5.69 Å². The molecule has 2 heteroatoms. The number of anilines is 1. The molecule has 1 aliphatic heterocycles. The topological polar surface area (TPSA) is 24.1 Å². The van der Waals surface area contributed by atoms with Crippen LogP contribution in [0.1, 0.15) is 30.4 Å². The van der Waals surface area contributed by atoms with Gasteiger partial charge in [0.15, 0.2) is 0 Å². The predicted octanol–water partition coefficient (Wildman–Crippen LogP) is 2.30. The van der Waals surface area contributed by atoms with E-state index in [-0.39, 0.29) is 0 Å². The third-order valence-corrected chi connectivity index (χ3v) is 3.58. The van der Waals surface area contributed by atoms with Gasteiger partial charge in [0.1, 0.15) is 0 Å². The SMILES string of the molecule is c1cc2c(cc1CNC1CCC1)NCC2. The van der Waals surface area contributed by atoms with Gasteiger partial charge in [-0.1, -0.05) is 18.6 Å². The molecule has 0 bridgehead atoms. The van der Waals surface area contributed by atoms with Gasteiger partial charge in [0.25, 0.3) is 0 Å². The standard InChI is InChI=1S/C13H18N2/c1-2-12(3-1)15-9-10-4-5-11-6-7-14-13(11)8-10/h4-5,8,12,14-15H,1-3,6-7,9H2. The van der Waals surface area contributed by atoms with Crippen LogP contribution in [-0.4, -0.2) is 12.6 Å². The molecule has 1 aliphatic carbocycles. The summed E-state index contributed by atoms with van der Waals surface area (Å²) < 4.78 is 0. The summed E-state index contributed by atoms with van der Waals surface area (Å²) >= 11 is 0. The van der Waals surface area contributed by atoms with Crippen LogP contribution in [0.5, 0.6) is 0 Å². The number of fused-ring (bicyclic) bond motifs is 1. The van der Waals surface area contributed by atoms with Crippen molar-refractivity contribution in [3.8, 4) is 0 Å². The van der Waals surface area contributed by atoms with E-state index in [4.69, 9.17) is 0 Å². The molecule has 0 amide bonds. The van der Waals surface area contributed by atoms with E-state index in [9.17, 15) is 0 Å². The second kappa shape index (κ2) is 3.86. The predicted molar refractivity (Wildman–Crippen MR) is 63.1 cm³/mol. The highest BCUT2D eigenvalue weighted by molar-refractivity contribution is 5.56. The quantitative estimate of drug-likeness (QED) is 0.786. The minimum Gasteiger partial charge on any atom is -0.384 e. The highest BCUT2D eigenvalue weighted by Gasteiger charge is 2.16. The third-order valence-electron chi connectivity index (χ3n) is 3.58. The van der Waals surface area contributed by atoms with Gasteiger partial charge in [0, 0.05) is 24.8 Å². The first-order chi connectivity index (χ1) is 7.42. The molecule has 0 spiro atoms. The van der Waals surface area contributed by atoms with Gasteiger partial charge in [-0.3, -0.25) is 0 Å². The highest BCUT2D eigenvalue weighted by Crippen LogP contribution is 2.24. The molecule has 1 aromatic carbocycles. The van der Waals surface area contributed by atoms with E-state index < -0.39 is 0 Å². The smallest absolute Gasteiger partial charge is 0.0376 e. The van der Waals surface area contributed by atoms with Crippen molar-refractivity contribution >= 4 is 5.69 Å². The number of rotatable bonds is 3. The molecule has 0 aromatic heterocycles. The van der Waals surface area contributed by atoms with Crippen molar-refractivity contribution < 1.29 is 0 Å². The Morgan fingerprint density at radius 3 is 3.07 bits per heavy atom. The number of hydrogen-bond donors (Lipinski definition) is 2. The Morgan fingerprint density at radius 2 is 2.27 bits per heavy atom. The van der Waals surface area contributed by atoms with Gasteiger partial charge in [-0.25, -0.2) is 0 Å². The second-order valence-corrected chi connectivity index (χ2v) is 4.68. The molecule has 15 heavy (non-hydrogen) atoms. The molecular formula is C13H18N2. The Kier molecular flexibility index (Phi) is 2.37. The molecule has 1 heterocycles. The molecule has 1 fully saturated rings. The zero-order valence-corrected chi connectivity index (χ0v) is 9.05. The van der Waals surface area contributed by atoms with E-state index in [1.54, 1.807) is 0 Å². The van der Waals surface area contributed by atoms with Crippen LogP contribution < -0.4 is 10.6 Å². The first-order valence-corrected chi connectivity index (χ1v) is 6.01. The molecule has 1 aromatic rings. The third kappa shape index (κ3) is 1.86. The van der Waals surface area contributed by atoms with E-state index in [1.807, 2.05) is 0 Å².